The Bertz CT molecular complexity index is 591. The van der Waals surface area contributed by atoms with Crippen LogP contribution in [0.1, 0.15) is 5.56 Å². The molecule has 8 nitrogen and oxygen atoms in total. The zero-order valence-electron chi connectivity index (χ0n) is 10.1. The lowest BCUT2D eigenvalue weighted by atomic mass is 10.1. The van der Waals surface area contributed by atoms with Gasteiger partial charge in [0.05, 0.1) is 11.5 Å². The third-order valence-electron chi connectivity index (χ3n) is 2.79. The van der Waals surface area contributed by atoms with Gasteiger partial charge in [-0.05, 0) is 11.6 Å². The third-order valence-corrected chi connectivity index (χ3v) is 2.79. The maximum Gasteiger partial charge on any atom is 0.324 e. The molecule has 0 aliphatic carbocycles. The smallest absolute Gasteiger partial charge is 0.324 e. The number of urea groups is 1. The summed E-state index contributed by atoms with van der Waals surface area (Å²) in [5.41, 5.74) is -0.168. The molecule has 1 aliphatic heterocycles. The number of hydrogen-bond donors (Lipinski definition) is 2. The number of nitrogens with one attached hydrogen (secondary N) is 1. The summed E-state index contributed by atoms with van der Waals surface area (Å²) in [4.78, 5) is 33.3. The number of amides is 3. The molecule has 0 bridgehead atoms. The van der Waals surface area contributed by atoms with Gasteiger partial charge in [0.25, 0.3) is 5.91 Å². The highest BCUT2D eigenvalue weighted by Gasteiger charge is 2.32. The van der Waals surface area contributed by atoms with Crippen molar-refractivity contribution in [3.05, 3.63) is 33.9 Å². The molecule has 1 unspecified atom stereocenters. The normalized spacial score (nSPS) is 18.9. The van der Waals surface area contributed by atoms with Crippen LogP contribution in [-0.2, 0) is 11.3 Å². The molecule has 1 fully saturated rings. The second-order valence-corrected chi connectivity index (χ2v) is 4.22. The Morgan fingerprint density at radius 2 is 2.20 bits per heavy atom. The van der Waals surface area contributed by atoms with Crippen molar-refractivity contribution in [3.63, 3.8) is 0 Å². The Morgan fingerprint density at radius 3 is 2.85 bits per heavy atom. The Morgan fingerprint density at radius 1 is 1.50 bits per heavy atom. The van der Waals surface area contributed by atoms with Crippen molar-refractivity contribution < 1.29 is 24.0 Å². The van der Waals surface area contributed by atoms with E-state index in [4.69, 9.17) is 0 Å². The maximum absolute atomic E-state index is 13.2. The van der Waals surface area contributed by atoms with Crippen molar-refractivity contribution in [1.29, 1.82) is 0 Å². The van der Waals surface area contributed by atoms with Gasteiger partial charge < -0.3 is 10.0 Å². The molecule has 1 aromatic rings. The second-order valence-electron chi connectivity index (χ2n) is 4.22. The number of nitro groups is 1. The van der Waals surface area contributed by atoms with E-state index < -0.39 is 41.0 Å². The Labute approximate surface area is 111 Å². The van der Waals surface area contributed by atoms with Gasteiger partial charge in [0.1, 0.15) is 0 Å². The summed E-state index contributed by atoms with van der Waals surface area (Å²) in [6, 6.07) is 2.82. The fraction of sp³-hybridized carbons (Fsp3) is 0.273. The van der Waals surface area contributed by atoms with Crippen LogP contribution in [0.4, 0.5) is 14.9 Å². The Balaban J connectivity index is 2.18. The van der Waals surface area contributed by atoms with Crippen LogP contribution in [0.25, 0.3) is 0 Å². The molecular weight excluding hydrogens is 273 g/mol. The first-order valence-electron chi connectivity index (χ1n) is 5.58. The van der Waals surface area contributed by atoms with Gasteiger partial charge in [-0.2, -0.15) is 0 Å². The van der Waals surface area contributed by atoms with E-state index in [1.165, 1.54) is 6.07 Å². The number of carbonyl (C=O) groups excluding carboxylic acids is 2. The van der Waals surface area contributed by atoms with Crippen LogP contribution in [0.5, 0.6) is 5.75 Å². The monoisotopic (exact) mass is 283 g/mol. The molecule has 0 saturated carbocycles. The molecular formula is C11H10FN3O5. The molecule has 2 rings (SSSR count). The van der Waals surface area contributed by atoms with Gasteiger partial charge in [-0.15, -0.1) is 0 Å². The lowest BCUT2D eigenvalue weighted by molar-refractivity contribution is -0.385. The fourth-order valence-electron chi connectivity index (χ4n) is 1.79. The van der Waals surface area contributed by atoms with Gasteiger partial charge in [0.2, 0.25) is 0 Å². The minimum absolute atomic E-state index is 0.110. The van der Waals surface area contributed by atoms with E-state index in [0.29, 0.717) is 5.56 Å². The number of phenolic OH excluding ortho intramolecular Hbond substituents is 1. The average molecular weight is 283 g/mol. The van der Waals surface area contributed by atoms with E-state index in [-0.39, 0.29) is 6.54 Å². The zero-order valence-corrected chi connectivity index (χ0v) is 10.1. The topological polar surface area (TPSA) is 113 Å². The summed E-state index contributed by atoms with van der Waals surface area (Å²) >= 11 is 0. The van der Waals surface area contributed by atoms with Crippen molar-refractivity contribution >= 4 is 17.6 Å². The molecule has 0 spiro atoms. The lowest BCUT2D eigenvalue weighted by Gasteiger charge is -2.28. The number of nitro benzene ring substituents is 1. The molecule has 106 valence electrons. The van der Waals surface area contributed by atoms with Gasteiger partial charge in [0.15, 0.2) is 11.9 Å². The van der Waals surface area contributed by atoms with Crippen LogP contribution in [0, 0.1) is 10.1 Å². The van der Waals surface area contributed by atoms with Crippen molar-refractivity contribution in [2.45, 2.75) is 12.7 Å². The summed E-state index contributed by atoms with van der Waals surface area (Å²) in [5.74, 6) is -1.50. The number of rotatable bonds is 3. The second kappa shape index (κ2) is 5.11. The van der Waals surface area contributed by atoms with Crippen LogP contribution in [-0.4, -0.2) is 39.6 Å². The molecule has 1 aromatic carbocycles. The molecule has 3 amide bonds. The Hall–Kier alpha value is -2.71. The molecule has 20 heavy (non-hydrogen) atoms. The van der Waals surface area contributed by atoms with E-state index in [2.05, 4.69) is 0 Å². The number of hydrogen-bond acceptors (Lipinski definition) is 5. The molecule has 0 aromatic heterocycles. The van der Waals surface area contributed by atoms with Crippen molar-refractivity contribution in [3.8, 4) is 5.75 Å². The number of alkyl halides is 1. The number of phenols is 1. The first kappa shape index (κ1) is 13.7. The number of benzene rings is 1. The van der Waals surface area contributed by atoms with Crippen molar-refractivity contribution in [2.75, 3.05) is 6.54 Å². The summed E-state index contributed by atoms with van der Waals surface area (Å²) < 4.78 is 13.2. The predicted molar refractivity (Wildman–Crippen MR) is 63.6 cm³/mol. The number of aromatic hydroxyl groups is 1. The number of halogens is 1. The molecule has 1 aliphatic rings. The van der Waals surface area contributed by atoms with Crippen LogP contribution in [0.2, 0.25) is 0 Å². The number of imide groups is 1. The lowest BCUT2D eigenvalue weighted by Crippen LogP contribution is -2.55. The maximum atomic E-state index is 13.2. The summed E-state index contributed by atoms with van der Waals surface area (Å²) in [5, 5.41) is 21.8. The minimum Gasteiger partial charge on any atom is -0.502 e. The average Bonchev–Trinajstić information content (AvgIpc) is 2.37. The highest BCUT2D eigenvalue weighted by atomic mass is 19.1. The van der Waals surface area contributed by atoms with Gasteiger partial charge in [-0.1, -0.05) is 6.07 Å². The zero-order chi connectivity index (χ0) is 14.9. The van der Waals surface area contributed by atoms with E-state index in [1.807, 2.05) is 5.32 Å². The highest BCUT2D eigenvalue weighted by Crippen LogP contribution is 2.27. The first-order valence-corrected chi connectivity index (χ1v) is 5.58. The van der Waals surface area contributed by atoms with Gasteiger partial charge in [-0.25, -0.2) is 9.18 Å². The summed E-state index contributed by atoms with van der Waals surface area (Å²) in [6.45, 7) is -0.528. The SMILES string of the molecule is O=C1NC(=O)N(Cc2ccc(O)c([N+](=O)[O-])c2)CC1F. The Kier molecular flexibility index (Phi) is 3.51. The number of carbonyl (C=O) groups is 2. The van der Waals surface area contributed by atoms with Crippen molar-refractivity contribution in [2.24, 2.45) is 0 Å². The van der Waals surface area contributed by atoms with E-state index >= 15 is 0 Å². The first-order chi connectivity index (χ1) is 9.38. The van der Waals surface area contributed by atoms with Gasteiger partial charge in [-0.3, -0.25) is 20.2 Å². The molecule has 1 heterocycles. The molecule has 2 N–H and O–H groups in total. The van der Waals surface area contributed by atoms with Crippen LogP contribution in [0.3, 0.4) is 0 Å². The van der Waals surface area contributed by atoms with Crippen LogP contribution in [0.15, 0.2) is 18.2 Å². The van der Waals surface area contributed by atoms with E-state index in [0.717, 1.165) is 17.0 Å². The van der Waals surface area contributed by atoms with Gasteiger partial charge in [0, 0.05) is 12.6 Å². The minimum atomic E-state index is -1.83. The quantitative estimate of drug-likeness (QED) is 0.626. The highest BCUT2D eigenvalue weighted by molar-refractivity contribution is 5.99. The molecule has 1 saturated heterocycles. The molecule has 0 radical (unpaired) electrons. The summed E-state index contributed by atoms with van der Waals surface area (Å²) in [6.07, 6.45) is -1.83. The standard InChI is InChI=1S/C11H10FN3O5/c12-7-5-14(11(18)13-10(7)17)4-6-1-2-9(16)8(3-6)15(19)20/h1-3,7,16H,4-5H2,(H,13,17,18). The molecule has 1 atom stereocenters. The number of nitrogens with zero attached hydrogens (tertiary/aromatic N) is 2. The predicted octanol–water partition coefficient (Wildman–Crippen LogP) is 0.690. The van der Waals surface area contributed by atoms with Crippen LogP contribution < -0.4 is 5.32 Å². The summed E-state index contributed by atoms with van der Waals surface area (Å²) in [7, 11) is 0. The van der Waals surface area contributed by atoms with Crippen LogP contribution >= 0.6 is 0 Å². The largest absolute Gasteiger partial charge is 0.502 e. The fourth-order valence-corrected chi connectivity index (χ4v) is 1.79. The van der Waals surface area contributed by atoms with Gasteiger partial charge >= 0.3 is 11.7 Å². The third kappa shape index (κ3) is 2.66. The van der Waals surface area contributed by atoms with E-state index in [9.17, 15) is 29.2 Å². The van der Waals surface area contributed by atoms with Crippen molar-refractivity contribution in [1.82, 2.24) is 10.2 Å². The van der Waals surface area contributed by atoms with E-state index in [1.54, 1.807) is 0 Å². The molecule has 9 heteroatoms.